The number of hydrogen-bond donors (Lipinski definition) is 3. The van der Waals surface area contributed by atoms with Gasteiger partial charge in [-0.1, -0.05) is 41.6 Å². The summed E-state index contributed by atoms with van der Waals surface area (Å²) in [5.41, 5.74) is 18.4. The van der Waals surface area contributed by atoms with E-state index in [1.165, 1.54) is 41.3 Å². The first kappa shape index (κ1) is 22.3. The highest BCUT2D eigenvalue weighted by Gasteiger charge is 2.46. The molecule has 36 heavy (non-hydrogen) atoms. The van der Waals surface area contributed by atoms with Crippen molar-refractivity contribution in [2.45, 2.75) is 54.0 Å². The van der Waals surface area contributed by atoms with Crippen LogP contribution in [-0.4, -0.2) is 38.0 Å². The van der Waals surface area contributed by atoms with Crippen molar-refractivity contribution in [1.82, 2.24) is 24.9 Å². The van der Waals surface area contributed by atoms with E-state index in [1.54, 1.807) is 12.4 Å². The van der Waals surface area contributed by atoms with Crippen LogP contribution in [0.2, 0.25) is 5.02 Å². The van der Waals surface area contributed by atoms with Gasteiger partial charge >= 0.3 is 0 Å². The Kier molecular flexibility index (Phi) is 5.16. The summed E-state index contributed by atoms with van der Waals surface area (Å²) in [6, 6.07) is 8.99. The number of H-pyrrole nitrogens is 1. The number of fused-ring (bicyclic) bond motifs is 2. The minimum absolute atomic E-state index is 0.112. The van der Waals surface area contributed by atoms with Crippen LogP contribution in [0.25, 0.3) is 11.3 Å². The maximum Gasteiger partial charge on any atom is 0.206 e. The molecule has 7 rings (SSSR count). The zero-order valence-corrected chi connectivity index (χ0v) is 21.3. The number of rotatable bonds is 4. The average molecular weight is 519 g/mol. The molecular weight excluding hydrogens is 492 g/mol. The maximum absolute atomic E-state index is 6.91. The summed E-state index contributed by atoms with van der Waals surface area (Å²) >= 11 is 7.68. The second-order valence-corrected chi connectivity index (χ2v) is 11.7. The number of nitrogens with two attached hydrogens (primary N) is 2. The molecule has 3 aliphatic rings. The molecule has 1 aromatic carbocycles. The highest BCUT2D eigenvalue weighted by molar-refractivity contribution is 7.99. The third-order valence-corrected chi connectivity index (χ3v) is 9.56. The number of nitrogen functional groups attached to an aromatic ring is 1. The van der Waals surface area contributed by atoms with Crippen LogP contribution in [0.4, 0.5) is 11.8 Å². The molecule has 1 aliphatic heterocycles. The summed E-state index contributed by atoms with van der Waals surface area (Å²) in [5, 5.41) is 1.12. The first-order valence-corrected chi connectivity index (χ1v) is 13.6. The Balaban J connectivity index is 1.07. The van der Waals surface area contributed by atoms with Crippen LogP contribution in [0.5, 0.6) is 0 Å². The third kappa shape index (κ3) is 3.72. The number of pyridine rings is 1. The van der Waals surface area contributed by atoms with Gasteiger partial charge in [0.1, 0.15) is 10.8 Å². The van der Waals surface area contributed by atoms with Gasteiger partial charge in [-0.15, -0.1) is 0 Å². The van der Waals surface area contributed by atoms with E-state index >= 15 is 0 Å². The lowest BCUT2D eigenvalue weighted by Gasteiger charge is -2.42. The number of nitrogens with one attached hydrogen (secondary N) is 1. The van der Waals surface area contributed by atoms with E-state index in [2.05, 4.69) is 43.0 Å². The molecule has 10 heteroatoms. The Morgan fingerprint density at radius 3 is 2.75 bits per heavy atom. The summed E-state index contributed by atoms with van der Waals surface area (Å²) < 4.78 is 0. The van der Waals surface area contributed by atoms with Gasteiger partial charge in [-0.2, -0.15) is 4.98 Å². The van der Waals surface area contributed by atoms with E-state index in [9.17, 15) is 0 Å². The summed E-state index contributed by atoms with van der Waals surface area (Å²) in [6.07, 6.45) is 9.16. The lowest BCUT2D eigenvalue weighted by molar-refractivity contribution is 0.187. The van der Waals surface area contributed by atoms with Crippen LogP contribution in [-0.2, 0) is 6.42 Å². The van der Waals surface area contributed by atoms with Gasteiger partial charge in [0.25, 0.3) is 0 Å². The second-order valence-electron chi connectivity index (χ2n) is 10.3. The molecule has 0 unspecified atom stereocenters. The predicted octanol–water partition coefficient (Wildman–Crippen LogP) is 4.85. The summed E-state index contributed by atoms with van der Waals surface area (Å²) in [7, 11) is 0. The molecule has 1 saturated heterocycles. The van der Waals surface area contributed by atoms with Gasteiger partial charge in [-0.05, 0) is 66.2 Å². The van der Waals surface area contributed by atoms with Gasteiger partial charge in [0.15, 0.2) is 11.3 Å². The normalized spacial score (nSPS) is 20.8. The summed E-state index contributed by atoms with van der Waals surface area (Å²) in [4.78, 5) is 24.5. The smallest absolute Gasteiger partial charge is 0.206 e. The monoisotopic (exact) mass is 518 g/mol. The van der Waals surface area contributed by atoms with Crippen LogP contribution >= 0.6 is 23.4 Å². The third-order valence-electron chi connectivity index (χ3n) is 8.08. The molecule has 8 nitrogen and oxygen atoms in total. The molecule has 3 aromatic heterocycles. The fraction of sp³-hybridized carbons (Fsp3) is 0.385. The first-order valence-electron chi connectivity index (χ1n) is 12.4. The van der Waals surface area contributed by atoms with Gasteiger partial charge in [0.2, 0.25) is 5.95 Å². The molecule has 1 saturated carbocycles. The van der Waals surface area contributed by atoms with Gasteiger partial charge in [0, 0.05) is 30.2 Å². The summed E-state index contributed by atoms with van der Waals surface area (Å²) in [6.45, 7) is 1.81. The van der Waals surface area contributed by atoms with Gasteiger partial charge < -0.3 is 21.4 Å². The Morgan fingerprint density at radius 1 is 1.11 bits per heavy atom. The van der Waals surface area contributed by atoms with Crippen molar-refractivity contribution in [3.8, 4) is 0 Å². The van der Waals surface area contributed by atoms with Crippen molar-refractivity contribution in [3.63, 3.8) is 0 Å². The Hall–Kier alpha value is -2.88. The van der Waals surface area contributed by atoms with Gasteiger partial charge in [0.05, 0.1) is 11.2 Å². The van der Waals surface area contributed by atoms with Crippen LogP contribution in [0.3, 0.4) is 0 Å². The molecule has 4 aromatic rings. The maximum atomic E-state index is 6.91. The average Bonchev–Trinajstić information content (AvgIpc) is 3.60. The lowest BCUT2D eigenvalue weighted by Crippen LogP contribution is -2.44. The molecule has 0 radical (unpaired) electrons. The Labute approximate surface area is 218 Å². The number of aromatic nitrogens is 5. The van der Waals surface area contributed by atoms with E-state index in [1.807, 2.05) is 6.07 Å². The number of imidazole rings is 1. The van der Waals surface area contributed by atoms with Gasteiger partial charge in [-0.25, -0.2) is 15.0 Å². The quantitative estimate of drug-likeness (QED) is 0.350. The number of aromatic amines is 1. The van der Waals surface area contributed by atoms with Crippen molar-refractivity contribution >= 4 is 46.4 Å². The highest BCUT2D eigenvalue weighted by atomic mass is 35.5. The van der Waals surface area contributed by atoms with E-state index < -0.39 is 0 Å². The molecule has 2 aliphatic carbocycles. The lowest BCUT2D eigenvalue weighted by atomic mass is 9.73. The van der Waals surface area contributed by atoms with Crippen LogP contribution in [0, 0.1) is 5.41 Å². The second kappa shape index (κ2) is 8.33. The molecule has 5 N–H and O–H groups in total. The molecular formula is C26H27ClN8S. The largest absolute Gasteiger partial charge is 0.382 e. The van der Waals surface area contributed by atoms with Crippen molar-refractivity contribution in [3.05, 3.63) is 58.4 Å². The molecule has 4 heterocycles. The van der Waals surface area contributed by atoms with Crippen LogP contribution < -0.4 is 16.4 Å². The zero-order valence-electron chi connectivity index (χ0n) is 19.7. The minimum atomic E-state index is 0.112. The Morgan fingerprint density at radius 2 is 1.94 bits per heavy atom. The molecule has 0 bridgehead atoms. The van der Waals surface area contributed by atoms with Crippen LogP contribution in [0.1, 0.15) is 54.3 Å². The molecule has 2 fully saturated rings. The van der Waals surface area contributed by atoms with Crippen molar-refractivity contribution in [1.29, 1.82) is 0 Å². The van der Waals surface area contributed by atoms with E-state index in [0.29, 0.717) is 27.2 Å². The molecule has 1 atom stereocenters. The summed E-state index contributed by atoms with van der Waals surface area (Å²) in [5.74, 6) is 1.87. The van der Waals surface area contributed by atoms with Gasteiger partial charge in [-0.3, -0.25) is 0 Å². The SMILES string of the molecule is Nc1nccc(Sc2cnc3[nH]c(N4CCC5(CC4)Cc4ccc(C6CC6)cc4[C@H]5N)nc3n2)c1Cl. The van der Waals surface area contributed by atoms with Crippen LogP contribution in [0.15, 0.2) is 46.6 Å². The predicted molar refractivity (Wildman–Crippen MR) is 142 cm³/mol. The molecule has 0 amide bonds. The minimum Gasteiger partial charge on any atom is -0.382 e. The zero-order chi connectivity index (χ0) is 24.4. The van der Waals surface area contributed by atoms with Crippen molar-refractivity contribution < 1.29 is 0 Å². The number of piperidine rings is 1. The van der Waals surface area contributed by atoms with E-state index in [0.717, 1.165) is 49.1 Å². The van der Waals surface area contributed by atoms with E-state index in [4.69, 9.17) is 28.1 Å². The number of nitrogens with zero attached hydrogens (tertiary/aromatic N) is 5. The number of benzene rings is 1. The Bertz CT molecular complexity index is 1470. The number of anilines is 2. The fourth-order valence-corrected chi connectivity index (χ4v) is 6.81. The first-order chi connectivity index (χ1) is 17.5. The molecule has 184 valence electrons. The fourth-order valence-electron chi connectivity index (χ4n) is 5.80. The van der Waals surface area contributed by atoms with Crippen molar-refractivity contribution in [2.24, 2.45) is 11.1 Å². The molecule has 1 spiro atoms. The van der Waals surface area contributed by atoms with E-state index in [-0.39, 0.29) is 11.5 Å². The number of hydrogen-bond acceptors (Lipinski definition) is 8. The topological polar surface area (TPSA) is 123 Å². The highest BCUT2D eigenvalue weighted by Crippen LogP contribution is 2.52. The standard InChI is InChI=1S/C26H27ClN8S/c27-20-18(5-8-30-22(20)29)36-19-13-31-23-24(32-19)34-25(33-23)35-9-6-26(7-10-35)12-16-4-3-15(14-1-2-14)11-17(16)21(26)28/h3-5,8,11,13-14,21H,1-2,6-7,9-10,12,28H2,(H2,29,30)(H,31,32,33,34)/t21-/m1/s1. The number of halogens is 1. The van der Waals surface area contributed by atoms with Crippen molar-refractivity contribution in [2.75, 3.05) is 23.7 Å².